The molecule has 0 spiro atoms. The van der Waals surface area contributed by atoms with Crippen LogP contribution in [0.25, 0.3) is 25.9 Å². The number of imidazole rings is 1. The van der Waals surface area contributed by atoms with Gasteiger partial charge in [-0.2, -0.15) is 0 Å². The molecule has 29 heavy (non-hydrogen) atoms. The molecule has 1 amide bonds. The van der Waals surface area contributed by atoms with E-state index in [4.69, 9.17) is 23.2 Å². The summed E-state index contributed by atoms with van der Waals surface area (Å²) in [7, 11) is 0. The van der Waals surface area contributed by atoms with Crippen LogP contribution in [0.2, 0.25) is 10.0 Å². The van der Waals surface area contributed by atoms with E-state index in [1.807, 2.05) is 6.07 Å². The third kappa shape index (κ3) is 2.86. The average Bonchev–Trinajstić information content (AvgIpc) is 3.17. The van der Waals surface area contributed by atoms with Crippen LogP contribution in [0.3, 0.4) is 0 Å². The first-order valence-corrected chi connectivity index (χ1v) is 10.0. The monoisotopic (exact) mass is 440 g/mol. The van der Waals surface area contributed by atoms with Crippen LogP contribution in [0, 0.1) is 0 Å². The number of para-hydroxylation sites is 1. The molecule has 5 rings (SSSR count). The summed E-state index contributed by atoms with van der Waals surface area (Å²) in [6.07, 6.45) is 4.73. The number of pyridine rings is 1. The number of carbonyl (C=O) groups excluding carboxylic acids is 1. The van der Waals surface area contributed by atoms with Gasteiger partial charge in [-0.05, 0) is 18.2 Å². The fraction of sp³-hybridized carbons (Fsp3) is 0. The normalized spacial score (nSPS) is 11.4. The second kappa shape index (κ2) is 6.81. The van der Waals surface area contributed by atoms with Crippen LogP contribution in [-0.2, 0) is 0 Å². The molecule has 0 atom stereocenters. The fourth-order valence-corrected chi connectivity index (χ4v) is 4.83. The van der Waals surface area contributed by atoms with Gasteiger partial charge < -0.3 is 5.32 Å². The molecule has 0 saturated heterocycles. The maximum Gasteiger partial charge on any atom is 0.267 e. The molecule has 142 valence electrons. The van der Waals surface area contributed by atoms with Gasteiger partial charge in [0.15, 0.2) is 4.96 Å². The van der Waals surface area contributed by atoms with Gasteiger partial charge in [-0.25, -0.2) is 4.98 Å². The molecule has 0 aliphatic carbocycles. The Kier molecular flexibility index (Phi) is 4.24. The van der Waals surface area contributed by atoms with E-state index in [0.29, 0.717) is 21.6 Å². The molecule has 0 radical (unpaired) electrons. The van der Waals surface area contributed by atoms with Gasteiger partial charge in [-0.3, -0.25) is 19.0 Å². The fourth-order valence-electron chi connectivity index (χ4n) is 3.20. The Labute approximate surface area is 177 Å². The molecule has 3 aromatic heterocycles. The number of nitrogens with one attached hydrogen (secondary N) is 1. The summed E-state index contributed by atoms with van der Waals surface area (Å²) in [6, 6.07) is 10.3. The molecular weight excluding hydrogens is 431 g/mol. The summed E-state index contributed by atoms with van der Waals surface area (Å²) < 4.78 is 2.25. The van der Waals surface area contributed by atoms with E-state index >= 15 is 0 Å². The molecule has 6 nitrogen and oxygen atoms in total. The number of benzene rings is 2. The maximum absolute atomic E-state index is 12.8. The quantitative estimate of drug-likeness (QED) is 0.391. The van der Waals surface area contributed by atoms with Gasteiger partial charge in [0.1, 0.15) is 0 Å². The standard InChI is InChI=1S/C20H10Cl2N4O2S/c21-12-4-2-5-13(22)15(12)18(27)25-14-6-1-3-10-16(14)24-9-11-17(10)29-20-23-7-8-26(20)19(11)28/h1-9H,(H,25,27). The highest BCUT2D eigenvalue weighted by molar-refractivity contribution is 7.23. The Hall–Kier alpha value is -3.00. The minimum atomic E-state index is -0.438. The minimum Gasteiger partial charge on any atom is -0.320 e. The minimum absolute atomic E-state index is 0.182. The Morgan fingerprint density at radius 1 is 1.03 bits per heavy atom. The summed E-state index contributed by atoms with van der Waals surface area (Å²) in [5.41, 5.74) is 1.06. The van der Waals surface area contributed by atoms with Crippen molar-refractivity contribution in [3.8, 4) is 0 Å². The number of anilines is 1. The first-order valence-electron chi connectivity index (χ1n) is 8.47. The number of halogens is 2. The number of carbonyl (C=O) groups is 1. The molecule has 2 aromatic carbocycles. The predicted molar refractivity (Wildman–Crippen MR) is 117 cm³/mol. The van der Waals surface area contributed by atoms with E-state index in [1.54, 1.807) is 42.7 Å². The highest BCUT2D eigenvalue weighted by Gasteiger charge is 2.17. The molecular formula is C20H10Cl2N4O2S. The van der Waals surface area contributed by atoms with Crippen LogP contribution < -0.4 is 10.9 Å². The highest BCUT2D eigenvalue weighted by Crippen LogP contribution is 2.32. The topological polar surface area (TPSA) is 76.4 Å². The molecule has 0 aliphatic heterocycles. The van der Waals surface area contributed by atoms with Crippen molar-refractivity contribution in [2.24, 2.45) is 0 Å². The number of nitrogens with zero attached hydrogens (tertiary/aromatic N) is 3. The van der Waals surface area contributed by atoms with Crippen LogP contribution in [0.4, 0.5) is 5.69 Å². The van der Waals surface area contributed by atoms with E-state index in [0.717, 1.165) is 10.1 Å². The number of amides is 1. The van der Waals surface area contributed by atoms with Gasteiger partial charge >= 0.3 is 0 Å². The van der Waals surface area contributed by atoms with Crippen LogP contribution in [0.15, 0.2) is 59.8 Å². The largest absolute Gasteiger partial charge is 0.320 e. The van der Waals surface area contributed by atoms with E-state index in [9.17, 15) is 9.59 Å². The van der Waals surface area contributed by atoms with Gasteiger partial charge in [0.2, 0.25) is 0 Å². The van der Waals surface area contributed by atoms with E-state index in [-0.39, 0.29) is 21.2 Å². The number of fused-ring (bicyclic) bond motifs is 4. The molecule has 3 heterocycles. The lowest BCUT2D eigenvalue weighted by Gasteiger charge is -2.11. The maximum atomic E-state index is 12.8. The van der Waals surface area contributed by atoms with Gasteiger partial charge in [-0.15, -0.1) is 0 Å². The van der Waals surface area contributed by atoms with Gasteiger partial charge in [0.25, 0.3) is 11.5 Å². The Balaban J connectivity index is 1.69. The van der Waals surface area contributed by atoms with E-state index in [1.165, 1.54) is 21.9 Å². The average molecular weight is 441 g/mol. The van der Waals surface area contributed by atoms with Crippen molar-refractivity contribution in [1.82, 2.24) is 14.4 Å². The molecule has 0 aliphatic rings. The van der Waals surface area contributed by atoms with E-state index in [2.05, 4.69) is 15.3 Å². The van der Waals surface area contributed by atoms with Crippen LogP contribution in [0.5, 0.6) is 0 Å². The number of hydrogen-bond donors (Lipinski definition) is 1. The van der Waals surface area contributed by atoms with Gasteiger partial charge in [0.05, 0.1) is 36.9 Å². The van der Waals surface area contributed by atoms with Crippen molar-refractivity contribution in [3.63, 3.8) is 0 Å². The van der Waals surface area contributed by atoms with Crippen molar-refractivity contribution in [2.75, 3.05) is 5.32 Å². The zero-order valence-electron chi connectivity index (χ0n) is 14.5. The highest BCUT2D eigenvalue weighted by atomic mass is 35.5. The van der Waals surface area contributed by atoms with Crippen molar-refractivity contribution < 1.29 is 4.79 Å². The molecule has 5 aromatic rings. The van der Waals surface area contributed by atoms with Crippen molar-refractivity contribution in [1.29, 1.82) is 0 Å². The third-order valence-corrected chi connectivity index (χ3v) is 6.29. The van der Waals surface area contributed by atoms with Crippen molar-refractivity contribution in [3.05, 3.63) is 81.0 Å². The zero-order valence-corrected chi connectivity index (χ0v) is 16.8. The third-order valence-electron chi connectivity index (χ3n) is 4.54. The van der Waals surface area contributed by atoms with Crippen LogP contribution in [0.1, 0.15) is 10.4 Å². The smallest absolute Gasteiger partial charge is 0.267 e. The molecule has 1 N–H and O–H groups in total. The number of aromatic nitrogens is 3. The second-order valence-electron chi connectivity index (χ2n) is 6.24. The van der Waals surface area contributed by atoms with Crippen molar-refractivity contribution >= 4 is 72.1 Å². The number of hydrogen-bond acceptors (Lipinski definition) is 5. The molecule has 9 heteroatoms. The Morgan fingerprint density at radius 2 is 1.79 bits per heavy atom. The molecule has 0 unspecified atom stereocenters. The first-order chi connectivity index (χ1) is 14.0. The summed E-state index contributed by atoms with van der Waals surface area (Å²) in [4.78, 5) is 34.8. The van der Waals surface area contributed by atoms with Crippen LogP contribution >= 0.6 is 34.5 Å². The van der Waals surface area contributed by atoms with Gasteiger partial charge in [-0.1, -0.05) is 52.7 Å². The second-order valence-corrected chi connectivity index (χ2v) is 8.03. The Morgan fingerprint density at radius 3 is 2.59 bits per heavy atom. The lowest BCUT2D eigenvalue weighted by atomic mass is 10.1. The Bertz CT molecular complexity index is 1490. The van der Waals surface area contributed by atoms with Crippen LogP contribution in [-0.4, -0.2) is 20.3 Å². The molecule has 0 fully saturated rings. The lowest BCUT2D eigenvalue weighted by molar-refractivity contribution is 0.102. The summed E-state index contributed by atoms with van der Waals surface area (Å²) in [5.74, 6) is -0.438. The summed E-state index contributed by atoms with van der Waals surface area (Å²) in [6.45, 7) is 0. The van der Waals surface area contributed by atoms with Crippen molar-refractivity contribution in [2.45, 2.75) is 0 Å². The first kappa shape index (κ1) is 18.1. The predicted octanol–water partition coefficient (Wildman–Crippen LogP) is 5.02. The van der Waals surface area contributed by atoms with Gasteiger partial charge in [0, 0.05) is 24.0 Å². The van der Waals surface area contributed by atoms with E-state index < -0.39 is 5.91 Å². The zero-order chi connectivity index (χ0) is 20.1. The molecule has 0 saturated carbocycles. The summed E-state index contributed by atoms with van der Waals surface area (Å²) >= 11 is 13.7. The lowest BCUT2D eigenvalue weighted by Crippen LogP contribution is -2.14. The SMILES string of the molecule is O=C(Nc1cccc2c1ncc1c(=O)n3ccnc3sc12)c1c(Cl)cccc1Cl. The number of rotatable bonds is 2. The molecule has 0 bridgehead atoms. The summed E-state index contributed by atoms with van der Waals surface area (Å²) in [5, 5.41) is 4.59.